The largest absolute Gasteiger partial charge is 0.433 e. The molecule has 9 nitrogen and oxygen atoms in total. The van der Waals surface area contributed by atoms with Crippen molar-refractivity contribution in [1.29, 1.82) is 0 Å². The first-order valence-corrected chi connectivity index (χ1v) is 8.59. The molecule has 0 aliphatic rings. The minimum atomic E-state index is -0.619. The van der Waals surface area contributed by atoms with E-state index in [4.69, 9.17) is 4.42 Å². The van der Waals surface area contributed by atoms with E-state index >= 15 is 0 Å². The Balaban J connectivity index is 1.63. The molecule has 1 N–H and O–H groups in total. The molecule has 0 atom stereocenters. The van der Waals surface area contributed by atoms with Crippen LogP contribution in [0, 0.1) is 10.1 Å². The second-order valence-electron chi connectivity index (χ2n) is 5.87. The highest BCUT2D eigenvalue weighted by molar-refractivity contribution is 5.78. The maximum atomic E-state index is 10.7. The molecule has 2 heterocycles. The lowest BCUT2D eigenvalue weighted by molar-refractivity contribution is -0.402. The van der Waals surface area contributed by atoms with Crippen molar-refractivity contribution in [3.8, 4) is 22.5 Å². The van der Waals surface area contributed by atoms with E-state index in [-0.39, 0.29) is 17.6 Å². The van der Waals surface area contributed by atoms with E-state index in [2.05, 4.69) is 25.7 Å². The van der Waals surface area contributed by atoms with Crippen molar-refractivity contribution in [2.75, 3.05) is 5.43 Å². The molecule has 0 saturated heterocycles. The molecular weight excluding hydrogens is 372 g/mol. The zero-order chi connectivity index (χ0) is 20.1. The van der Waals surface area contributed by atoms with Gasteiger partial charge in [-0.3, -0.25) is 10.1 Å². The third-order valence-corrected chi connectivity index (χ3v) is 3.93. The fraction of sp³-hybridized carbons (Fsp3) is 0. The number of anilines is 1. The van der Waals surface area contributed by atoms with Gasteiger partial charge >= 0.3 is 5.88 Å². The van der Waals surface area contributed by atoms with E-state index < -0.39 is 4.92 Å². The monoisotopic (exact) mass is 386 g/mol. The van der Waals surface area contributed by atoms with Crippen LogP contribution in [0.15, 0.2) is 82.3 Å². The second-order valence-corrected chi connectivity index (χ2v) is 5.87. The van der Waals surface area contributed by atoms with Gasteiger partial charge in [0.25, 0.3) is 5.95 Å². The molecule has 0 unspecified atom stereocenters. The first-order chi connectivity index (χ1) is 14.2. The van der Waals surface area contributed by atoms with Gasteiger partial charge in [-0.25, -0.2) is 10.4 Å². The highest BCUT2D eigenvalue weighted by Crippen LogP contribution is 2.28. The Labute approximate surface area is 164 Å². The van der Waals surface area contributed by atoms with Gasteiger partial charge in [0.2, 0.25) is 0 Å². The first kappa shape index (κ1) is 18.0. The van der Waals surface area contributed by atoms with E-state index in [9.17, 15) is 10.1 Å². The molecule has 0 spiro atoms. The number of benzene rings is 2. The van der Waals surface area contributed by atoms with E-state index in [0.717, 1.165) is 11.1 Å². The van der Waals surface area contributed by atoms with Crippen molar-refractivity contribution >= 4 is 18.0 Å². The van der Waals surface area contributed by atoms with Gasteiger partial charge in [0.05, 0.1) is 12.3 Å². The summed E-state index contributed by atoms with van der Waals surface area (Å²) in [6.07, 6.45) is 1.30. The highest BCUT2D eigenvalue weighted by atomic mass is 16.6. The molecule has 2 aromatic heterocycles. The highest BCUT2D eigenvalue weighted by Gasteiger charge is 2.13. The number of nitrogens with one attached hydrogen (secondary N) is 1. The number of hydrazone groups is 1. The number of nitrogens with zero attached hydrogens (tertiary/aromatic N) is 5. The maximum absolute atomic E-state index is 10.7. The molecule has 0 amide bonds. The Hall–Kier alpha value is -4.40. The molecular formula is C20H14N6O3. The van der Waals surface area contributed by atoms with Crippen LogP contribution in [0.5, 0.6) is 0 Å². The summed E-state index contributed by atoms with van der Waals surface area (Å²) < 4.78 is 5.01. The molecule has 0 aliphatic heterocycles. The standard InChI is InChI=1S/C20H14N6O3/c27-26(28)17-12-11-16(29-17)13-21-24-20-22-18(14-7-3-1-4-8-14)19(23-25-20)15-9-5-2-6-10-15/h1-13H,(H,22,24,25)/b21-13-. The number of hydrogen-bond donors (Lipinski definition) is 1. The zero-order valence-corrected chi connectivity index (χ0v) is 15.0. The number of nitro groups is 1. The van der Waals surface area contributed by atoms with Gasteiger partial charge in [-0.05, 0) is 6.07 Å². The van der Waals surface area contributed by atoms with Crippen molar-refractivity contribution in [2.45, 2.75) is 0 Å². The van der Waals surface area contributed by atoms with Crippen LogP contribution < -0.4 is 5.43 Å². The van der Waals surface area contributed by atoms with E-state index in [1.54, 1.807) is 0 Å². The summed E-state index contributed by atoms with van der Waals surface area (Å²) in [5, 5.41) is 23.0. The predicted octanol–water partition coefficient (Wildman–Crippen LogP) is 4.15. The van der Waals surface area contributed by atoms with Gasteiger partial charge in [0, 0.05) is 11.1 Å². The smallest absolute Gasteiger partial charge is 0.400 e. The molecule has 2 aromatic carbocycles. The molecule has 4 rings (SSSR count). The first-order valence-electron chi connectivity index (χ1n) is 8.59. The third kappa shape index (κ3) is 4.14. The molecule has 0 bridgehead atoms. The minimum absolute atomic E-state index is 0.181. The van der Waals surface area contributed by atoms with Crippen LogP contribution in [0.1, 0.15) is 5.76 Å². The van der Waals surface area contributed by atoms with E-state index in [1.165, 1.54) is 18.3 Å². The molecule has 4 aromatic rings. The van der Waals surface area contributed by atoms with Crippen molar-refractivity contribution in [1.82, 2.24) is 15.2 Å². The average molecular weight is 386 g/mol. The Morgan fingerprint density at radius 2 is 1.55 bits per heavy atom. The summed E-state index contributed by atoms with van der Waals surface area (Å²) in [7, 11) is 0. The van der Waals surface area contributed by atoms with Crippen LogP contribution in [0.2, 0.25) is 0 Å². The van der Waals surface area contributed by atoms with Crippen molar-refractivity contribution < 1.29 is 9.34 Å². The fourth-order valence-corrected chi connectivity index (χ4v) is 2.62. The van der Waals surface area contributed by atoms with Crippen molar-refractivity contribution in [2.24, 2.45) is 5.10 Å². The number of rotatable bonds is 6. The van der Waals surface area contributed by atoms with Crippen LogP contribution >= 0.6 is 0 Å². The zero-order valence-electron chi connectivity index (χ0n) is 15.0. The Bertz CT molecular complexity index is 1160. The van der Waals surface area contributed by atoms with Gasteiger partial charge in [-0.15, -0.1) is 10.2 Å². The van der Waals surface area contributed by atoms with Gasteiger partial charge in [0.15, 0.2) is 5.76 Å². The molecule has 142 valence electrons. The summed E-state index contributed by atoms with van der Waals surface area (Å²) in [6, 6.07) is 22.0. The summed E-state index contributed by atoms with van der Waals surface area (Å²) >= 11 is 0. The normalized spacial score (nSPS) is 10.9. The summed E-state index contributed by atoms with van der Waals surface area (Å²) in [5.74, 6) is 0.0464. The van der Waals surface area contributed by atoms with Crippen LogP contribution in [0.3, 0.4) is 0 Å². The predicted molar refractivity (Wildman–Crippen MR) is 107 cm³/mol. The number of hydrogen-bond acceptors (Lipinski definition) is 8. The lowest BCUT2D eigenvalue weighted by atomic mass is 10.0. The van der Waals surface area contributed by atoms with Crippen LogP contribution in [0.4, 0.5) is 11.8 Å². The summed E-state index contributed by atoms with van der Waals surface area (Å²) in [4.78, 5) is 14.6. The van der Waals surface area contributed by atoms with Crippen LogP contribution in [-0.2, 0) is 0 Å². The number of aromatic nitrogens is 3. The summed E-state index contributed by atoms with van der Waals surface area (Å²) in [5.41, 5.74) is 5.75. The van der Waals surface area contributed by atoms with E-state index in [0.29, 0.717) is 11.4 Å². The molecule has 29 heavy (non-hydrogen) atoms. The van der Waals surface area contributed by atoms with Gasteiger partial charge in [-0.2, -0.15) is 5.10 Å². The van der Waals surface area contributed by atoms with E-state index in [1.807, 2.05) is 60.7 Å². The Morgan fingerprint density at radius 3 is 2.17 bits per heavy atom. The molecule has 0 radical (unpaired) electrons. The lowest BCUT2D eigenvalue weighted by Crippen LogP contribution is -2.03. The third-order valence-electron chi connectivity index (χ3n) is 3.93. The van der Waals surface area contributed by atoms with Crippen molar-refractivity contribution in [3.63, 3.8) is 0 Å². The fourth-order valence-electron chi connectivity index (χ4n) is 2.62. The molecule has 0 fully saturated rings. The Kier molecular flexibility index (Phi) is 5.02. The van der Waals surface area contributed by atoms with Gasteiger partial charge in [0.1, 0.15) is 16.3 Å². The summed E-state index contributed by atoms with van der Waals surface area (Å²) in [6.45, 7) is 0. The lowest BCUT2D eigenvalue weighted by Gasteiger charge is -2.09. The second kappa shape index (κ2) is 8.09. The maximum Gasteiger partial charge on any atom is 0.433 e. The Morgan fingerprint density at radius 1 is 0.897 bits per heavy atom. The quantitative estimate of drug-likeness (QED) is 0.300. The van der Waals surface area contributed by atoms with Gasteiger partial charge in [-0.1, -0.05) is 60.7 Å². The number of furan rings is 1. The molecule has 0 aliphatic carbocycles. The molecule has 9 heteroatoms. The van der Waals surface area contributed by atoms with Crippen LogP contribution in [-0.4, -0.2) is 26.3 Å². The molecule has 0 saturated carbocycles. The van der Waals surface area contributed by atoms with Gasteiger partial charge < -0.3 is 4.42 Å². The van der Waals surface area contributed by atoms with Crippen LogP contribution in [0.25, 0.3) is 22.5 Å². The minimum Gasteiger partial charge on any atom is -0.400 e. The van der Waals surface area contributed by atoms with Crippen molar-refractivity contribution in [3.05, 3.63) is 88.7 Å². The topological polar surface area (TPSA) is 119 Å². The average Bonchev–Trinajstić information content (AvgIpc) is 3.24. The SMILES string of the molecule is O=[N+]([O-])c1ccc(/C=N\Nc2nnc(-c3ccccc3)c(-c3ccccc3)n2)o1.